The Balaban J connectivity index is 2.54. The van der Waals surface area contributed by atoms with Gasteiger partial charge in [-0.25, -0.2) is 0 Å². The summed E-state index contributed by atoms with van der Waals surface area (Å²) in [6.45, 7) is 0. The van der Waals surface area contributed by atoms with Gasteiger partial charge >= 0.3 is 6.18 Å². The Bertz CT molecular complexity index is 489. The minimum atomic E-state index is -4.33. The Kier molecular flexibility index (Phi) is 2.63. The molecule has 2 aromatic rings. The normalized spacial score (nSPS) is 14.2. The summed E-state index contributed by atoms with van der Waals surface area (Å²) in [5.74, 6) is 0. The largest absolute Gasteiger partial charge is 0.464 e. The van der Waals surface area contributed by atoms with Crippen LogP contribution in [0.5, 0.6) is 0 Å². The van der Waals surface area contributed by atoms with Gasteiger partial charge in [-0.3, -0.25) is 0 Å². The van der Waals surface area contributed by atoms with Gasteiger partial charge in [0, 0.05) is 10.9 Å². The van der Waals surface area contributed by atoms with Crippen LogP contribution < -0.4 is 5.32 Å². The maximum absolute atomic E-state index is 12.7. The highest BCUT2D eigenvalue weighted by Gasteiger charge is 2.41. The molecule has 2 rings (SSSR count). The van der Waals surface area contributed by atoms with Crippen LogP contribution in [0.3, 0.4) is 0 Å². The van der Waals surface area contributed by atoms with Crippen LogP contribution in [0.4, 0.5) is 13.2 Å². The first-order valence-corrected chi connectivity index (χ1v) is 4.74. The molecular weight excluding hydrogens is 219 g/mol. The maximum atomic E-state index is 12.7. The van der Waals surface area contributed by atoms with E-state index in [1.807, 2.05) is 0 Å². The fourth-order valence-electron chi connectivity index (χ4n) is 1.72. The number of halogens is 3. The molecule has 0 aliphatic rings. The van der Waals surface area contributed by atoms with Crippen LogP contribution in [0.15, 0.2) is 34.9 Å². The molecule has 1 aromatic heterocycles. The highest BCUT2D eigenvalue weighted by Crippen LogP contribution is 2.36. The molecule has 0 saturated carbocycles. The van der Waals surface area contributed by atoms with Crippen LogP contribution >= 0.6 is 0 Å². The van der Waals surface area contributed by atoms with E-state index in [4.69, 9.17) is 4.42 Å². The molecule has 0 spiro atoms. The Morgan fingerprint density at radius 3 is 2.56 bits per heavy atom. The van der Waals surface area contributed by atoms with E-state index in [0.29, 0.717) is 11.0 Å². The van der Waals surface area contributed by atoms with E-state index >= 15 is 0 Å². The third-order valence-electron chi connectivity index (χ3n) is 2.44. The van der Waals surface area contributed by atoms with Gasteiger partial charge in [0.15, 0.2) is 0 Å². The maximum Gasteiger partial charge on any atom is 0.408 e. The first-order valence-electron chi connectivity index (χ1n) is 4.74. The van der Waals surface area contributed by atoms with Gasteiger partial charge in [-0.15, -0.1) is 0 Å². The van der Waals surface area contributed by atoms with Crippen LogP contribution in [0.2, 0.25) is 0 Å². The number of fused-ring (bicyclic) bond motifs is 1. The second-order valence-electron chi connectivity index (χ2n) is 3.45. The average Bonchev–Trinajstić information content (AvgIpc) is 2.61. The molecule has 16 heavy (non-hydrogen) atoms. The number of benzene rings is 1. The minimum Gasteiger partial charge on any atom is -0.464 e. The molecule has 1 N–H and O–H groups in total. The molecule has 86 valence electrons. The van der Waals surface area contributed by atoms with E-state index in [9.17, 15) is 13.2 Å². The van der Waals surface area contributed by atoms with Crippen molar-refractivity contribution in [1.29, 1.82) is 0 Å². The molecule has 0 aliphatic carbocycles. The lowest BCUT2D eigenvalue weighted by molar-refractivity contribution is -0.156. The number of nitrogens with one attached hydrogen (secondary N) is 1. The first-order chi connectivity index (χ1) is 7.54. The zero-order chi connectivity index (χ0) is 11.8. The summed E-state index contributed by atoms with van der Waals surface area (Å²) in [6.07, 6.45) is -3.18. The fourth-order valence-corrected chi connectivity index (χ4v) is 1.72. The molecule has 1 atom stereocenters. The van der Waals surface area contributed by atoms with Crippen LogP contribution in [0.1, 0.15) is 11.6 Å². The molecule has 1 heterocycles. The Morgan fingerprint density at radius 1 is 1.25 bits per heavy atom. The van der Waals surface area contributed by atoms with Crippen LogP contribution in [-0.2, 0) is 0 Å². The standard InChI is InChI=1S/C11H10F3NO/c1-15-10(11(12,13)14)8-6-16-9-5-3-2-4-7(8)9/h2-6,10,15H,1H3. The van der Waals surface area contributed by atoms with Crippen LogP contribution in [-0.4, -0.2) is 13.2 Å². The lowest BCUT2D eigenvalue weighted by atomic mass is 10.1. The highest BCUT2D eigenvalue weighted by atomic mass is 19.4. The van der Waals surface area contributed by atoms with Gasteiger partial charge in [0.1, 0.15) is 11.6 Å². The number of alkyl halides is 3. The number of hydrogen-bond donors (Lipinski definition) is 1. The van der Waals surface area contributed by atoms with Crippen molar-refractivity contribution in [3.8, 4) is 0 Å². The first kappa shape index (κ1) is 11.0. The quantitative estimate of drug-likeness (QED) is 0.855. The number of furan rings is 1. The van der Waals surface area contributed by atoms with E-state index < -0.39 is 12.2 Å². The van der Waals surface area contributed by atoms with E-state index in [2.05, 4.69) is 5.32 Å². The van der Waals surface area contributed by atoms with Crippen LogP contribution in [0.25, 0.3) is 11.0 Å². The number of para-hydroxylation sites is 1. The lowest BCUT2D eigenvalue weighted by Gasteiger charge is -2.18. The molecule has 0 bridgehead atoms. The van der Waals surface area contributed by atoms with Crippen molar-refractivity contribution in [1.82, 2.24) is 5.32 Å². The Labute approximate surface area is 90.0 Å². The van der Waals surface area contributed by atoms with E-state index in [-0.39, 0.29) is 5.56 Å². The number of rotatable bonds is 2. The van der Waals surface area contributed by atoms with Gasteiger partial charge in [0.05, 0.1) is 6.26 Å². The zero-order valence-electron chi connectivity index (χ0n) is 8.51. The summed E-state index contributed by atoms with van der Waals surface area (Å²) >= 11 is 0. The molecule has 0 amide bonds. The van der Waals surface area contributed by atoms with Crippen molar-refractivity contribution < 1.29 is 17.6 Å². The van der Waals surface area contributed by atoms with E-state index in [1.165, 1.54) is 7.05 Å². The van der Waals surface area contributed by atoms with Crippen molar-refractivity contribution in [2.45, 2.75) is 12.2 Å². The van der Waals surface area contributed by atoms with Gasteiger partial charge in [-0.1, -0.05) is 18.2 Å². The molecule has 0 saturated heterocycles. The van der Waals surface area contributed by atoms with Gasteiger partial charge in [0.25, 0.3) is 0 Å². The summed E-state index contributed by atoms with van der Waals surface area (Å²) < 4.78 is 43.2. The monoisotopic (exact) mass is 229 g/mol. The molecule has 2 nitrogen and oxygen atoms in total. The summed E-state index contributed by atoms with van der Waals surface area (Å²) in [7, 11) is 1.28. The van der Waals surface area contributed by atoms with Gasteiger partial charge in [-0.05, 0) is 13.1 Å². The average molecular weight is 229 g/mol. The molecule has 0 fully saturated rings. The fraction of sp³-hybridized carbons (Fsp3) is 0.273. The van der Waals surface area contributed by atoms with Crippen molar-refractivity contribution >= 4 is 11.0 Å². The van der Waals surface area contributed by atoms with Crippen LogP contribution in [0, 0.1) is 0 Å². The topological polar surface area (TPSA) is 25.2 Å². The van der Waals surface area contributed by atoms with Crippen molar-refractivity contribution in [2.75, 3.05) is 7.05 Å². The third-order valence-corrected chi connectivity index (χ3v) is 2.44. The minimum absolute atomic E-state index is 0.116. The third kappa shape index (κ3) is 1.78. The predicted molar refractivity (Wildman–Crippen MR) is 54.1 cm³/mol. The predicted octanol–water partition coefficient (Wildman–Crippen LogP) is 3.26. The molecule has 0 aliphatic heterocycles. The Morgan fingerprint density at radius 2 is 1.94 bits per heavy atom. The molecule has 5 heteroatoms. The van der Waals surface area contributed by atoms with E-state index in [1.54, 1.807) is 24.3 Å². The summed E-state index contributed by atoms with van der Waals surface area (Å²) in [6, 6.07) is 4.96. The molecule has 1 unspecified atom stereocenters. The van der Waals surface area contributed by atoms with Gasteiger partial charge < -0.3 is 9.73 Å². The lowest BCUT2D eigenvalue weighted by Crippen LogP contribution is -2.31. The molecule has 0 radical (unpaired) electrons. The molecule has 1 aromatic carbocycles. The van der Waals surface area contributed by atoms with Crippen molar-refractivity contribution in [3.63, 3.8) is 0 Å². The summed E-state index contributed by atoms with van der Waals surface area (Å²) in [5, 5.41) is 2.74. The van der Waals surface area contributed by atoms with Gasteiger partial charge in [-0.2, -0.15) is 13.2 Å². The highest BCUT2D eigenvalue weighted by molar-refractivity contribution is 5.81. The molecular formula is C11H10F3NO. The van der Waals surface area contributed by atoms with Gasteiger partial charge in [0.2, 0.25) is 0 Å². The SMILES string of the molecule is CNC(c1coc2ccccc12)C(F)(F)F. The zero-order valence-corrected chi connectivity index (χ0v) is 8.51. The van der Waals surface area contributed by atoms with Crippen molar-refractivity contribution in [2.24, 2.45) is 0 Å². The summed E-state index contributed by atoms with van der Waals surface area (Å²) in [4.78, 5) is 0. The summed E-state index contributed by atoms with van der Waals surface area (Å²) in [5.41, 5.74) is 0.576. The smallest absolute Gasteiger partial charge is 0.408 e. The van der Waals surface area contributed by atoms with Crippen molar-refractivity contribution in [3.05, 3.63) is 36.1 Å². The Hall–Kier alpha value is -1.49. The number of hydrogen-bond acceptors (Lipinski definition) is 2. The second kappa shape index (κ2) is 3.83. The van der Waals surface area contributed by atoms with E-state index in [0.717, 1.165) is 6.26 Å². The second-order valence-corrected chi connectivity index (χ2v) is 3.45.